The largest absolute Gasteiger partial charge is 0.350 e. The summed E-state index contributed by atoms with van der Waals surface area (Å²) >= 11 is 0. The van der Waals surface area contributed by atoms with Crippen molar-refractivity contribution in [1.82, 2.24) is 5.32 Å². The van der Waals surface area contributed by atoms with E-state index in [0.717, 1.165) is 11.1 Å². The van der Waals surface area contributed by atoms with Crippen LogP contribution in [0.25, 0.3) is 0 Å². The van der Waals surface area contributed by atoms with Crippen LogP contribution in [0.5, 0.6) is 0 Å². The monoisotopic (exact) mass is 203 g/mol. The summed E-state index contributed by atoms with van der Waals surface area (Å²) in [6.07, 6.45) is 1.22. The first kappa shape index (κ1) is 9.90. The Bertz CT molecular complexity index is 412. The highest BCUT2D eigenvalue weighted by atomic mass is 16.1. The van der Waals surface area contributed by atoms with Crippen LogP contribution in [0.15, 0.2) is 24.3 Å². The molecule has 0 aliphatic heterocycles. The number of hydrogen-bond acceptors (Lipinski definition) is 2. The average molecular weight is 203 g/mol. The van der Waals surface area contributed by atoms with Gasteiger partial charge in [0.25, 0.3) is 0 Å². The van der Waals surface area contributed by atoms with Gasteiger partial charge in [-0.05, 0) is 12.0 Å². The van der Waals surface area contributed by atoms with Gasteiger partial charge in [0.15, 0.2) is 5.78 Å². The molecule has 78 valence electrons. The molecule has 0 radical (unpaired) electrons. The van der Waals surface area contributed by atoms with Crippen molar-refractivity contribution in [2.75, 3.05) is 0 Å². The molecule has 0 heterocycles. The number of carbonyl (C=O) groups is 2. The molecular weight excluding hydrogens is 190 g/mol. The molecule has 1 amide bonds. The molecule has 3 heteroatoms. The summed E-state index contributed by atoms with van der Waals surface area (Å²) in [5.41, 5.74) is 1.70. The lowest BCUT2D eigenvalue weighted by Gasteiger charge is -2.24. The Hall–Kier alpha value is -1.64. The van der Waals surface area contributed by atoms with Crippen molar-refractivity contribution >= 4 is 11.7 Å². The molecule has 1 aliphatic carbocycles. The van der Waals surface area contributed by atoms with Crippen LogP contribution in [0.4, 0.5) is 0 Å². The third-order valence-electron chi connectivity index (χ3n) is 2.67. The first-order valence-electron chi connectivity index (χ1n) is 5.07. The topological polar surface area (TPSA) is 46.2 Å². The first-order valence-corrected chi connectivity index (χ1v) is 5.07. The number of benzene rings is 1. The van der Waals surface area contributed by atoms with E-state index in [0.29, 0.717) is 12.8 Å². The second-order valence-corrected chi connectivity index (χ2v) is 3.80. The van der Waals surface area contributed by atoms with E-state index in [1.54, 1.807) is 0 Å². The Balaban J connectivity index is 2.36. The summed E-state index contributed by atoms with van der Waals surface area (Å²) in [6, 6.07) is 7.48. The van der Waals surface area contributed by atoms with Gasteiger partial charge in [-0.3, -0.25) is 9.59 Å². The maximum absolute atomic E-state index is 11.6. The minimum atomic E-state index is -0.0517. The van der Waals surface area contributed by atoms with Crippen molar-refractivity contribution in [2.24, 2.45) is 0 Å². The maximum Gasteiger partial charge on any atom is 0.217 e. The molecule has 0 aromatic heterocycles. The van der Waals surface area contributed by atoms with Crippen molar-refractivity contribution in [2.45, 2.75) is 25.8 Å². The van der Waals surface area contributed by atoms with Gasteiger partial charge in [0.1, 0.15) is 0 Å². The van der Waals surface area contributed by atoms with Crippen LogP contribution in [0, 0.1) is 0 Å². The summed E-state index contributed by atoms with van der Waals surface area (Å²) in [5.74, 6) is 0.122. The SMILES string of the molecule is CC(=O)N[C@@H]1CCC(=O)c2ccccc21. The summed E-state index contributed by atoms with van der Waals surface area (Å²) < 4.78 is 0. The van der Waals surface area contributed by atoms with Crippen molar-refractivity contribution in [3.05, 3.63) is 35.4 Å². The minimum absolute atomic E-state index is 0.00333. The fourth-order valence-electron chi connectivity index (χ4n) is 2.02. The fraction of sp³-hybridized carbons (Fsp3) is 0.333. The summed E-state index contributed by atoms with van der Waals surface area (Å²) in [7, 11) is 0. The van der Waals surface area contributed by atoms with Crippen LogP contribution >= 0.6 is 0 Å². The normalized spacial score (nSPS) is 19.5. The van der Waals surface area contributed by atoms with E-state index < -0.39 is 0 Å². The lowest BCUT2D eigenvalue weighted by atomic mass is 9.87. The molecule has 0 unspecified atom stereocenters. The zero-order valence-electron chi connectivity index (χ0n) is 8.62. The Morgan fingerprint density at radius 2 is 2.13 bits per heavy atom. The van der Waals surface area contributed by atoms with Gasteiger partial charge in [-0.25, -0.2) is 0 Å². The van der Waals surface area contributed by atoms with Gasteiger partial charge in [0.2, 0.25) is 5.91 Å². The second kappa shape index (κ2) is 3.85. The number of hydrogen-bond donors (Lipinski definition) is 1. The fourth-order valence-corrected chi connectivity index (χ4v) is 2.02. The zero-order valence-corrected chi connectivity index (χ0v) is 8.62. The quantitative estimate of drug-likeness (QED) is 0.757. The van der Waals surface area contributed by atoms with Crippen LogP contribution in [-0.4, -0.2) is 11.7 Å². The number of carbonyl (C=O) groups excluding carboxylic acids is 2. The van der Waals surface area contributed by atoms with E-state index >= 15 is 0 Å². The molecule has 0 fully saturated rings. The van der Waals surface area contributed by atoms with Gasteiger partial charge >= 0.3 is 0 Å². The average Bonchev–Trinajstić information content (AvgIpc) is 2.22. The standard InChI is InChI=1S/C12H13NO2/c1-8(14)13-11-6-7-12(15)10-5-3-2-4-9(10)11/h2-5,11H,6-7H2,1H3,(H,13,14)/t11-/m1/s1. The molecule has 2 rings (SSSR count). The molecule has 0 bridgehead atoms. The summed E-state index contributed by atoms with van der Waals surface area (Å²) in [4.78, 5) is 22.6. The Labute approximate surface area is 88.5 Å². The Morgan fingerprint density at radius 1 is 1.40 bits per heavy atom. The highest BCUT2D eigenvalue weighted by molar-refractivity contribution is 5.98. The number of Topliss-reactive ketones (excluding diaryl/α,β-unsaturated/α-hetero) is 1. The van der Waals surface area contributed by atoms with Crippen LogP contribution in [0.2, 0.25) is 0 Å². The number of nitrogens with one attached hydrogen (secondary N) is 1. The van der Waals surface area contributed by atoms with Gasteiger partial charge in [-0.2, -0.15) is 0 Å². The molecule has 1 aromatic carbocycles. The Kier molecular flexibility index (Phi) is 2.54. The molecule has 3 nitrogen and oxygen atoms in total. The molecular formula is C12H13NO2. The van der Waals surface area contributed by atoms with Gasteiger partial charge < -0.3 is 5.32 Å². The van der Waals surface area contributed by atoms with Crippen molar-refractivity contribution in [1.29, 1.82) is 0 Å². The molecule has 0 spiro atoms. The minimum Gasteiger partial charge on any atom is -0.350 e. The maximum atomic E-state index is 11.6. The zero-order chi connectivity index (χ0) is 10.8. The second-order valence-electron chi connectivity index (χ2n) is 3.80. The predicted octanol–water partition coefficient (Wildman–Crippen LogP) is 1.84. The number of fused-ring (bicyclic) bond motifs is 1. The van der Waals surface area contributed by atoms with Crippen molar-refractivity contribution in [3.8, 4) is 0 Å². The smallest absolute Gasteiger partial charge is 0.217 e. The highest BCUT2D eigenvalue weighted by Crippen LogP contribution is 2.29. The summed E-state index contributed by atoms with van der Waals surface area (Å²) in [5, 5.41) is 2.87. The molecule has 1 aromatic rings. The lowest BCUT2D eigenvalue weighted by molar-refractivity contribution is -0.119. The van der Waals surface area contributed by atoms with Gasteiger partial charge in [-0.1, -0.05) is 24.3 Å². The molecule has 1 aliphatic rings. The third-order valence-corrected chi connectivity index (χ3v) is 2.67. The van der Waals surface area contributed by atoms with Crippen LogP contribution < -0.4 is 5.32 Å². The molecule has 1 N–H and O–H groups in total. The van der Waals surface area contributed by atoms with E-state index in [2.05, 4.69) is 5.32 Å². The van der Waals surface area contributed by atoms with Gasteiger partial charge in [-0.15, -0.1) is 0 Å². The molecule has 0 saturated carbocycles. The molecule has 0 saturated heterocycles. The van der Waals surface area contributed by atoms with Crippen LogP contribution in [-0.2, 0) is 4.79 Å². The lowest BCUT2D eigenvalue weighted by Crippen LogP contribution is -2.30. The molecule has 1 atom stereocenters. The van der Waals surface area contributed by atoms with E-state index in [-0.39, 0.29) is 17.7 Å². The number of rotatable bonds is 1. The van der Waals surface area contributed by atoms with Gasteiger partial charge in [0.05, 0.1) is 6.04 Å². The van der Waals surface area contributed by atoms with E-state index in [1.807, 2.05) is 24.3 Å². The highest BCUT2D eigenvalue weighted by Gasteiger charge is 2.25. The molecule has 15 heavy (non-hydrogen) atoms. The van der Waals surface area contributed by atoms with Crippen LogP contribution in [0.1, 0.15) is 41.7 Å². The van der Waals surface area contributed by atoms with E-state index in [9.17, 15) is 9.59 Å². The number of amides is 1. The summed E-state index contributed by atoms with van der Waals surface area (Å²) in [6.45, 7) is 1.50. The Morgan fingerprint density at radius 3 is 2.87 bits per heavy atom. The van der Waals surface area contributed by atoms with Crippen molar-refractivity contribution < 1.29 is 9.59 Å². The van der Waals surface area contributed by atoms with Crippen molar-refractivity contribution in [3.63, 3.8) is 0 Å². The third kappa shape index (κ3) is 1.91. The van der Waals surface area contributed by atoms with Crippen LogP contribution in [0.3, 0.4) is 0 Å². The first-order chi connectivity index (χ1) is 7.18. The van der Waals surface area contributed by atoms with E-state index in [1.165, 1.54) is 6.92 Å². The van der Waals surface area contributed by atoms with Gasteiger partial charge in [0, 0.05) is 18.9 Å². The number of ketones is 1. The van der Waals surface area contributed by atoms with E-state index in [4.69, 9.17) is 0 Å². The predicted molar refractivity (Wildman–Crippen MR) is 56.6 cm³/mol.